The summed E-state index contributed by atoms with van der Waals surface area (Å²) in [6.45, 7) is 2.09. The lowest BCUT2D eigenvalue weighted by atomic mass is 9.96. The molecule has 0 aromatic heterocycles. The smallest absolute Gasteiger partial charge is 0.252 e. The van der Waals surface area contributed by atoms with Gasteiger partial charge in [-0.1, -0.05) is 18.2 Å². The van der Waals surface area contributed by atoms with Crippen molar-refractivity contribution in [3.05, 3.63) is 65.0 Å². The van der Waals surface area contributed by atoms with E-state index in [-0.39, 0.29) is 30.1 Å². The maximum absolute atomic E-state index is 13.6. The SMILES string of the molecule is COc1cc([C@@H](C)N[C@H]2CCC(c3ccc(C(=O)NCC#N)cc3)C2)ccc1F. The van der Waals surface area contributed by atoms with Crippen molar-refractivity contribution in [2.45, 2.75) is 44.2 Å². The predicted octanol–water partition coefficient (Wildman–Crippen LogP) is 4.07. The van der Waals surface area contributed by atoms with Gasteiger partial charge < -0.3 is 15.4 Å². The number of ether oxygens (including phenoxy) is 1. The number of carbonyl (C=O) groups excluding carboxylic acids is 1. The Balaban J connectivity index is 1.57. The van der Waals surface area contributed by atoms with E-state index in [4.69, 9.17) is 10.00 Å². The first-order valence-corrected chi connectivity index (χ1v) is 9.86. The van der Waals surface area contributed by atoms with Gasteiger partial charge in [-0.2, -0.15) is 5.26 Å². The van der Waals surface area contributed by atoms with Gasteiger partial charge in [0.1, 0.15) is 6.54 Å². The highest BCUT2D eigenvalue weighted by molar-refractivity contribution is 5.94. The molecule has 2 aromatic rings. The normalized spacial score (nSPS) is 19.4. The third-order valence-corrected chi connectivity index (χ3v) is 5.57. The van der Waals surface area contributed by atoms with Crippen molar-refractivity contribution < 1.29 is 13.9 Å². The highest BCUT2D eigenvalue weighted by atomic mass is 19.1. The van der Waals surface area contributed by atoms with Gasteiger partial charge in [-0.05, 0) is 67.5 Å². The van der Waals surface area contributed by atoms with Gasteiger partial charge >= 0.3 is 0 Å². The van der Waals surface area contributed by atoms with Gasteiger partial charge in [0.15, 0.2) is 11.6 Å². The molecule has 0 heterocycles. The van der Waals surface area contributed by atoms with Crippen LogP contribution in [0.5, 0.6) is 5.75 Å². The molecule has 1 aliphatic rings. The molecule has 0 aliphatic heterocycles. The maximum Gasteiger partial charge on any atom is 0.252 e. The number of nitrogens with one attached hydrogen (secondary N) is 2. The Morgan fingerprint density at radius 3 is 2.72 bits per heavy atom. The predicted molar refractivity (Wildman–Crippen MR) is 109 cm³/mol. The maximum atomic E-state index is 13.6. The van der Waals surface area contributed by atoms with E-state index in [2.05, 4.69) is 17.6 Å². The molecule has 0 saturated heterocycles. The first-order chi connectivity index (χ1) is 14.0. The molecule has 6 heteroatoms. The van der Waals surface area contributed by atoms with E-state index in [0.29, 0.717) is 17.5 Å². The number of halogens is 1. The summed E-state index contributed by atoms with van der Waals surface area (Å²) in [6.07, 6.45) is 3.16. The number of amides is 1. The van der Waals surface area contributed by atoms with Gasteiger partial charge in [-0.15, -0.1) is 0 Å². The van der Waals surface area contributed by atoms with Gasteiger partial charge in [0.2, 0.25) is 0 Å². The molecule has 3 atom stereocenters. The van der Waals surface area contributed by atoms with Crippen LogP contribution in [0.3, 0.4) is 0 Å². The van der Waals surface area contributed by atoms with Crippen LogP contribution in [0.2, 0.25) is 0 Å². The second-order valence-corrected chi connectivity index (χ2v) is 7.45. The quantitative estimate of drug-likeness (QED) is 0.693. The van der Waals surface area contributed by atoms with E-state index in [1.165, 1.54) is 18.7 Å². The number of nitrogens with zero attached hydrogens (tertiary/aromatic N) is 1. The molecule has 3 rings (SSSR count). The number of rotatable bonds is 7. The van der Waals surface area contributed by atoms with Crippen LogP contribution in [-0.4, -0.2) is 25.6 Å². The van der Waals surface area contributed by atoms with Crippen LogP contribution in [-0.2, 0) is 0 Å². The standard InChI is InChI=1S/C23H26FN3O2/c1-15(18-8-10-21(24)22(14-18)29-2)27-20-9-7-19(13-20)16-3-5-17(6-4-16)23(28)26-12-11-25/h3-6,8,10,14-15,19-20,27H,7,9,12-13H2,1-2H3,(H,26,28)/t15-,19?,20+/m1/s1. The van der Waals surface area contributed by atoms with E-state index in [0.717, 1.165) is 24.8 Å². The van der Waals surface area contributed by atoms with Crippen molar-refractivity contribution in [3.63, 3.8) is 0 Å². The molecule has 0 radical (unpaired) electrons. The molecule has 2 aromatic carbocycles. The Kier molecular flexibility index (Phi) is 6.84. The second-order valence-electron chi connectivity index (χ2n) is 7.45. The zero-order valence-electron chi connectivity index (χ0n) is 16.7. The summed E-state index contributed by atoms with van der Waals surface area (Å²) in [5, 5.41) is 14.8. The molecule has 152 valence electrons. The van der Waals surface area contributed by atoms with E-state index in [9.17, 15) is 9.18 Å². The fraction of sp³-hybridized carbons (Fsp3) is 0.391. The van der Waals surface area contributed by atoms with Crippen LogP contribution in [0, 0.1) is 17.1 Å². The molecular weight excluding hydrogens is 369 g/mol. The van der Waals surface area contributed by atoms with Crippen molar-refractivity contribution in [3.8, 4) is 11.8 Å². The minimum absolute atomic E-state index is 0.00860. The average molecular weight is 395 g/mol. The van der Waals surface area contributed by atoms with Crippen molar-refractivity contribution in [1.29, 1.82) is 5.26 Å². The summed E-state index contributed by atoms with van der Waals surface area (Å²) in [4.78, 5) is 11.9. The third-order valence-electron chi connectivity index (χ3n) is 5.57. The Morgan fingerprint density at radius 2 is 2.03 bits per heavy atom. The van der Waals surface area contributed by atoms with Gasteiger partial charge in [-0.3, -0.25) is 4.79 Å². The highest BCUT2D eigenvalue weighted by Crippen LogP contribution is 2.35. The Bertz CT molecular complexity index is 892. The lowest BCUT2D eigenvalue weighted by Crippen LogP contribution is -2.29. The summed E-state index contributed by atoms with van der Waals surface area (Å²) in [5.74, 6) is 0.125. The van der Waals surface area contributed by atoms with Crippen LogP contribution < -0.4 is 15.4 Å². The summed E-state index contributed by atoms with van der Waals surface area (Å²) in [5.41, 5.74) is 2.79. The van der Waals surface area contributed by atoms with Crippen molar-refractivity contribution in [2.24, 2.45) is 0 Å². The number of methoxy groups -OCH3 is 1. The molecule has 2 N–H and O–H groups in total. The third kappa shape index (κ3) is 5.12. The number of hydrogen-bond donors (Lipinski definition) is 2. The van der Waals surface area contributed by atoms with Crippen molar-refractivity contribution >= 4 is 5.91 Å². The molecular formula is C23H26FN3O2. The molecule has 1 aliphatic carbocycles. The van der Waals surface area contributed by atoms with Crippen LogP contribution in [0.4, 0.5) is 4.39 Å². The van der Waals surface area contributed by atoms with E-state index in [1.54, 1.807) is 12.1 Å². The van der Waals surface area contributed by atoms with Crippen LogP contribution in [0.15, 0.2) is 42.5 Å². The number of benzene rings is 2. The molecule has 5 nitrogen and oxygen atoms in total. The topological polar surface area (TPSA) is 74.2 Å². The largest absolute Gasteiger partial charge is 0.494 e. The minimum atomic E-state index is -0.353. The molecule has 1 amide bonds. The minimum Gasteiger partial charge on any atom is -0.494 e. The number of carbonyl (C=O) groups is 1. The van der Waals surface area contributed by atoms with Gasteiger partial charge in [-0.25, -0.2) is 4.39 Å². The highest BCUT2D eigenvalue weighted by Gasteiger charge is 2.27. The Morgan fingerprint density at radius 1 is 1.28 bits per heavy atom. The molecule has 29 heavy (non-hydrogen) atoms. The lowest BCUT2D eigenvalue weighted by Gasteiger charge is -2.21. The number of hydrogen-bond acceptors (Lipinski definition) is 4. The molecule has 1 unspecified atom stereocenters. The fourth-order valence-corrected chi connectivity index (χ4v) is 3.96. The molecule has 0 bridgehead atoms. The zero-order chi connectivity index (χ0) is 20.8. The van der Waals surface area contributed by atoms with E-state index < -0.39 is 0 Å². The van der Waals surface area contributed by atoms with Gasteiger partial charge in [0.25, 0.3) is 5.91 Å². The van der Waals surface area contributed by atoms with Crippen molar-refractivity contribution in [2.75, 3.05) is 13.7 Å². The van der Waals surface area contributed by atoms with Crippen LogP contribution in [0.1, 0.15) is 59.6 Å². The lowest BCUT2D eigenvalue weighted by molar-refractivity contribution is 0.0958. The first kappa shape index (κ1) is 20.8. The van der Waals surface area contributed by atoms with E-state index >= 15 is 0 Å². The van der Waals surface area contributed by atoms with Gasteiger partial charge in [0, 0.05) is 17.6 Å². The molecule has 1 saturated carbocycles. The van der Waals surface area contributed by atoms with Crippen LogP contribution >= 0.6 is 0 Å². The summed E-state index contributed by atoms with van der Waals surface area (Å²) in [7, 11) is 1.47. The summed E-state index contributed by atoms with van der Waals surface area (Å²) in [6, 6.07) is 15.0. The molecule has 0 spiro atoms. The Hall–Kier alpha value is -2.91. The fourth-order valence-electron chi connectivity index (χ4n) is 3.96. The monoisotopic (exact) mass is 395 g/mol. The number of nitriles is 1. The van der Waals surface area contributed by atoms with Crippen LogP contribution in [0.25, 0.3) is 0 Å². The summed E-state index contributed by atoms with van der Waals surface area (Å²) >= 11 is 0. The zero-order valence-corrected chi connectivity index (χ0v) is 16.7. The average Bonchev–Trinajstić information content (AvgIpc) is 3.20. The Labute approximate surface area is 170 Å². The van der Waals surface area contributed by atoms with E-state index in [1.807, 2.05) is 30.3 Å². The molecule has 1 fully saturated rings. The van der Waals surface area contributed by atoms with Gasteiger partial charge in [0.05, 0.1) is 13.2 Å². The van der Waals surface area contributed by atoms with Crippen molar-refractivity contribution in [1.82, 2.24) is 10.6 Å². The summed E-state index contributed by atoms with van der Waals surface area (Å²) < 4.78 is 18.7. The first-order valence-electron chi connectivity index (χ1n) is 9.86. The second kappa shape index (κ2) is 9.53.